The van der Waals surface area contributed by atoms with E-state index >= 15 is 0 Å². The summed E-state index contributed by atoms with van der Waals surface area (Å²) in [6, 6.07) is 21.2. The number of hydrazone groups is 1. The normalized spacial score (nSPS) is 10.5. The van der Waals surface area contributed by atoms with Crippen LogP contribution < -0.4 is 25.5 Å². The molecule has 3 aromatic carbocycles. The van der Waals surface area contributed by atoms with Crippen molar-refractivity contribution in [1.29, 1.82) is 0 Å². The largest absolute Gasteiger partial charge is 0.493 e. The molecule has 0 spiro atoms. The SMILES string of the molecule is CCc1ccccc1NC(=O)C(=O)N/N=C\c1ccc(OCC(=O)Nc2ccccc2)c(OC)c1. The maximum atomic E-state index is 12.1. The fourth-order valence-corrected chi connectivity index (χ4v) is 3.09. The molecule has 0 aliphatic heterocycles. The molecule has 9 nitrogen and oxygen atoms in total. The van der Waals surface area contributed by atoms with Gasteiger partial charge in [0.2, 0.25) is 0 Å². The molecule has 0 aliphatic rings. The summed E-state index contributed by atoms with van der Waals surface area (Å²) < 4.78 is 10.9. The number of nitrogens with zero attached hydrogens (tertiary/aromatic N) is 1. The maximum absolute atomic E-state index is 12.1. The summed E-state index contributed by atoms with van der Waals surface area (Å²) in [5.41, 5.74) is 4.95. The molecule has 0 radical (unpaired) electrons. The third kappa shape index (κ3) is 7.43. The summed E-state index contributed by atoms with van der Waals surface area (Å²) in [4.78, 5) is 36.3. The number of carbonyl (C=O) groups is 3. The number of rotatable bonds is 9. The van der Waals surface area contributed by atoms with Crippen molar-refractivity contribution < 1.29 is 23.9 Å². The number of hydrogen-bond donors (Lipinski definition) is 3. The van der Waals surface area contributed by atoms with E-state index in [9.17, 15) is 14.4 Å². The van der Waals surface area contributed by atoms with Crippen LogP contribution in [0.4, 0.5) is 11.4 Å². The van der Waals surface area contributed by atoms with Gasteiger partial charge in [0.25, 0.3) is 5.91 Å². The first-order chi connectivity index (χ1) is 17.0. The first-order valence-corrected chi connectivity index (χ1v) is 10.9. The molecule has 3 N–H and O–H groups in total. The Labute approximate surface area is 203 Å². The number of anilines is 2. The fourth-order valence-electron chi connectivity index (χ4n) is 3.09. The Morgan fingerprint density at radius 1 is 0.886 bits per heavy atom. The van der Waals surface area contributed by atoms with Gasteiger partial charge in [-0.3, -0.25) is 14.4 Å². The molecule has 3 amide bonds. The molecule has 0 atom stereocenters. The molecule has 0 saturated carbocycles. The molecule has 0 unspecified atom stereocenters. The van der Waals surface area contributed by atoms with Crippen molar-refractivity contribution in [2.75, 3.05) is 24.4 Å². The first-order valence-electron chi connectivity index (χ1n) is 10.9. The Morgan fingerprint density at radius 2 is 1.63 bits per heavy atom. The Hall–Kier alpha value is -4.66. The standard InChI is InChI=1S/C26H26N4O5/c1-3-19-9-7-8-12-21(19)29-25(32)26(33)30-27-16-18-13-14-22(23(15-18)34-2)35-17-24(31)28-20-10-5-4-6-11-20/h4-16H,3,17H2,1-2H3,(H,28,31)(H,29,32)(H,30,33)/b27-16-. The van der Waals surface area contributed by atoms with Crippen molar-refractivity contribution in [2.45, 2.75) is 13.3 Å². The van der Waals surface area contributed by atoms with Crippen molar-refractivity contribution in [2.24, 2.45) is 5.10 Å². The van der Waals surface area contributed by atoms with Crippen molar-refractivity contribution in [3.63, 3.8) is 0 Å². The van der Waals surface area contributed by atoms with Crippen molar-refractivity contribution in [1.82, 2.24) is 5.43 Å². The van der Waals surface area contributed by atoms with Crippen LogP contribution in [0.25, 0.3) is 0 Å². The number of ether oxygens (including phenoxy) is 2. The van der Waals surface area contributed by atoms with Crippen molar-refractivity contribution in [3.05, 3.63) is 83.9 Å². The predicted molar refractivity (Wildman–Crippen MR) is 134 cm³/mol. The number of para-hydroxylation sites is 2. The van der Waals surface area contributed by atoms with Crippen LogP contribution in [0.5, 0.6) is 11.5 Å². The van der Waals surface area contributed by atoms with E-state index in [0.29, 0.717) is 28.4 Å². The van der Waals surface area contributed by atoms with Gasteiger partial charge < -0.3 is 20.1 Å². The second kappa shape index (κ2) is 12.5. The van der Waals surface area contributed by atoms with Crippen LogP contribution in [0.15, 0.2) is 77.9 Å². The highest BCUT2D eigenvalue weighted by molar-refractivity contribution is 6.39. The Kier molecular flexibility index (Phi) is 8.95. The van der Waals surface area contributed by atoms with Crippen LogP contribution in [-0.2, 0) is 20.8 Å². The minimum Gasteiger partial charge on any atom is -0.493 e. The van der Waals surface area contributed by atoms with Crippen LogP contribution in [-0.4, -0.2) is 37.7 Å². The van der Waals surface area contributed by atoms with E-state index in [1.807, 2.05) is 37.3 Å². The van der Waals surface area contributed by atoms with Crippen molar-refractivity contribution in [3.8, 4) is 11.5 Å². The number of nitrogens with one attached hydrogen (secondary N) is 3. The number of benzene rings is 3. The zero-order valence-electron chi connectivity index (χ0n) is 19.4. The van der Waals surface area contributed by atoms with E-state index in [1.54, 1.807) is 42.5 Å². The number of hydrogen-bond acceptors (Lipinski definition) is 6. The van der Waals surface area contributed by atoms with Crippen molar-refractivity contribution >= 4 is 35.3 Å². The van der Waals surface area contributed by atoms with Gasteiger partial charge in [0.05, 0.1) is 13.3 Å². The van der Waals surface area contributed by atoms with E-state index in [-0.39, 0.29) is 12.5 Å². The van der Waals surface area contributed by atoms with Gasteiger partial charge in [-0.1, -0.05) is 43.3 Å². The minimum absolute atomic E-state index is 0.203. The van der Waals surface area contributed by atoms with E-state index in [1.165, 1.54) is 13.3 Å². The molecule has 0 bridgehead atoms. The lowest BCUT2D eigenvalue weighted by atomic mass is 10.1. The monoisotopic (exact) mass is 474 g/mol. The molecule has 3 rings (SSSR count). The van der Waals surface area contributed by atoms with E-state index in [0.717, 1.165) is 12.0 Å². The van der Waals surface area contributed by atoms with Crippen LogP contribution in [0.2, 0.25) is 0 Å². The average Bonchev–Trinajstić information content (AvgIpc) is 2.88. The van der Waals surface area contributed by atoms with E-state index < -0.39 is 11.8 Å². The Balaban J connectivity index is 1.53. The second-order valence-electron chi connectivity index (χ2n) is 7.28. The van der Waals surface area contributed by atoms with Crippen LogP contribution >= 0.6 is 0 Å². The molecule has 0 fully saturated rings. The fraction of sp³-hybridized carbons (Fsp3) is 0.154. The van der Waals surface area contributed by atoms with Crippen LogP contribution in [0.3, 0.4) is 0 Å². The number of methoxy groups -OCH3 is 1. The molecule has 0 aliphatic carbocycles. The number of aryl methyl sites for hydroxylation is 1. The summed E-state index contributed by atoms with van der Waals surface area (Å²) in [5.74, 6) is -1.29. The van der Waals surface area contributed by atoms with E-state index in [2.05, 4.69) is 21.2 Å². The predicted octanol–water partition coefficient (Wildman–Crippen LogP) is 3.36. The third-order valence-corrected chi connectivity index (χ3v) is 4.84. The Morgan fingerprint density at radius 3 is 2.37 bits per heavy atom. The molecule has 9 heteroatoms. The lowest BCUT2D eigenvalue weighted by Gasteiger charge is -2.11. The van der Waals surface area contributed by atoms with Gasteiger partial charge in [-0.05, 0) is 53.9 Å². The van der Waals surface area contributed by atoms with Gasteiger partial charge >= 0.3 is 11.8 Å². The smallest absolute Gasteiger partial charge is 0.329 e. The lowest BCUT2D eigenvalue weighted by molar-refractivity contribution is -0.136. The van der Waals surface area contributed by atoms with Gasteiger partial charge in [0.15, 0.2) is 18.1 Å². The van der Waals surface area contributed by atoms with Gasteiger partial charge in [-0.15, -0.1) is 0 Å². The second-order valence-corrected chi connectivity index (χ2v) is 7.28. The summed E-state index contributed by atoms with van der Waals surface area (Å²) in [7, 11) is 1.47. The summed E-state index contributed by atoms with van der Waals surface area (Å²) in [6.07, 6.45) is 2.08. The molecule has 180 valence electrons. The Bertz CT molecular complexity index is 1210. The zero-order valence-corrected chi connectivity index (χ0v) is 19.4. The first kappa shape index (κ1) is 25.0. The summed E-state index contributed by atoms with van der Waals surface area (Å²) in [5, 5.41) is 9.14. The van der Waals surface area contributed by atoms with E-state index in [4.69, 9.17) is 9.47 Å². The molecule has 0 aromatic heterocycles. The highest BCUT2D eigenvalue weighted by atomic mass is 16.5. The molecule has 0 saturated heterocycles. The van der Waals surface area contributed by atoms with Gasteiger partial charge in [-0.2, -0.15) is 5.10 Å². The third-order valence-electron chi connectivity index (χ3n) is 4.84. The number of amides is 3. The number of carbonyl (C=O) groups excluding carboxylic acids is 3. The molecule has 0 heterocycles. The minimum atomic E-state index is -0.900. The molecule has 35 heavy (non-hydrogen) atoms. The van der Waals surface area contributed by atoms with Gasteiger partial charge in [-0.25, -0.2) is 5.43 Å². The summed E-state index contributed by atoms with van der Waals surface area (Å²) in [6.45, 7) is 1.75. The topological polar surface area (TPSA) is 118 Å². The van der Waals surface area contributed by atoms with Crippen LogP contribution in [0.1, 0.15) is 18.1 Å². The average molecular weight is 475 g/mol. The highest BCUT2D eigenvalue weighted by Crippen LogP contribution is 2.27. The zero-order chi connectivity index (χ0) is 25.0. The molecular formula is C26H26N4O5. The summed E-state index contributed by atoms with van der Waals surface area (Å²) >= 11 is 0. The highest BCUT2D eigenvalue weighted by Gasteiger charge is 2.14. The van der Waals surface area contributed by atoms with Crippen LogP contribution in [0, 0.1) is 0 Å². The molecule has 3 aromatic rings. The molecular weight excluding hydrogens is 448 g/mol. The lowest BCUT2D eigenvalue weighted by Crippen LogP contribution is -2.32. The quantitative estimate of drug-likeness (QED) is 0.250. The van der Waals surface area contributed by atoms with Gasteiger partial charge in [0, 0.05) is 11.4 Å². The maximum Gasteiger partial charge on any atom is 0.329 e. The van der Waals surface area contributed by atoms with Gasteiger partial charge in [0.1, 0.15) is 0 Å².